The van der Waals surface area contributed by atoms with Gasteiger partial charge in [0.25, 0.3) is 0 Å². The van der Waals surface area contributed by atoms with Gasteiger partial charge in [0.1, 0.15) is 16.2 Å². The molecular weight excluding hydrogens is 312 g/mol. The third-order valence-corrected chi connectivity index (χ3v) is 4.80. The van der Waals surface area contributed by atoms with Crippen LogP contribution in [0.5, 0.6) is 0 Å². The topological polar surface area (TPSA) is 54.5 Å². The molecule has 4 nitrogen and oxygen atoms in total. The van der Waals surface area contributed by atoms with E-state index in [0.717, 1.165) is 31.4 Å². The van der Waals surface area contributed by atoms with Crippen LogP contribution < -0.4 is 0 Å². The van der Waals surface area contributed by atoms with Crippen LogP contribution in [0.3, 0.4) is 0 Å². The predicted molar refractivity (Wildman–Crippen MR) is 82.6 cm³/mol. The number of nitrogens with one attached hydrogen (secondary N) is 1. The zero-order valence-electron chi connectivity index (χ0n) is 10.0. The van der Waals surface area contributed by atoms with E-state index in [1.54, 1.807) is 17.7 Å². The van der Waals surface area contributed by atoms with Gasteiger partial charge in [-0.2, -0.15) is 0 Å². The molecule has 0 aliphatic heterocycles. The molecule has 0 fully saturated rings. The predicted octanol–water partition coefficient (Wildman–Crippen LogP) is 4.37. The van der Waals surface area contributed by atoms with E-state index in [9.17, 15) is 0 Å². The number of fused-ring (bicyclic) bond motifs is 2. The smallest absolute Gasteiger partial charge is 0.172 e. The van der Waals surface area contributed by atoms with Crippen LogP contribution in [0.25, 0.3) is 21.3 Å². The van der Waals surface area contributed by atoms with E-state index in [0.29, 0.717) is 5.02 Å². The summed E-state index contributed by atoms with van der Waals surface area (Å²) in [5, 5.41) is 5.47. The molecule has 0 saturated heterocycles. The van der Waals surface area contributed by atoms with Crippen molar-refractivity contribution in [1.82, 2.24) is 19.9 Å². The number of aromatic amines is 1. The number of benzene rings is 1. The van der Waals surface area contributed by atoms with Gasteiger partial charge in [-0.15, -0.1) is 11.3 Å². The van der Waals surface area contributed by atoms with E-state index in [2.05, 4.69) is 19.9 Å². The number of hydrogen-bond acceptors (Lipinski definition) is 5. The zero-order valence-corrected chi connectivity index (χ0v) is 12.4. The van der Waals surface area contributed by atoms with Crippen LogP contribution in [0.2, 0.25) is 5.02 Å². The summed E-state index contributed by atoms with van der Waals surface area (Å²) in [7, 11) is 0. The van der Waals surface area contributed by atoms with Crippen LogP contribution in [0.1, 0.15) is 0 Å². The fraction of sp³-hybridized carbons (Fsp3) is 0. The Bertz CT molecular complexity index is 915. The van der Waals surface area contributed by atoms with Crippen LogP contribution in [0.4, 0.5) is 0 Å². The van der Waals surface area contributed by atoms with E-state index >= 15 is 0 Å². The maximum absolute atomic E-state index is 5.98. The van der Waals surface area contributed by atoms with Gasteiger partial charge in [0, 0.05) is 10.4 Å². The Kier molecular flexibility index (Phi) is 2.87. The molecule has 0 spiro atoms. The molecule has 0 saturated carbocycles. The first-order valence-corrected chi connectivity index (χ1v) is 7.88. The molecule has 7 heteroatoms. The summed E-state index contributed by atoms with van der Waals surface area (Å²) in [4.78, 5) is 17.4. The number of imidazole rings is 1. The van der Waals surface area contributed by atoms with Crippen molar-refractivity contribution in [3.05, 3.63) is 41.0 Å². The molecule has 3 heterocycles. The van der Waals surface area contributed by atoms with Crippen molar-refractivity contribution in [3.63, 3.8) is 0 Å². The van der Waals surface area contributed by atoms with Crippen molar-refractivity contribution < 1.29 is 0 Å². The number of thiophene rings is 1. The first-order chi connectivity index (χ1) is 9.79. The minimum Gasteiger partial charge on any atom is -0.333 e. The summed E-state index contributed by atoms with van der Waals surface area (Å²) in [5.41, 5.74) is 1.82. The van der Waals surface area contributed by atoms with Crippen molar-refractivity contribution >= 4 is 55.9 Å². The average Bonchev–Trinajstić information content (AvgIpc) is 3.04. The summed E-state index contributed by atoms with van der Waals surface area (Å²) >= 11 is 9.08. The fourth-order valence-corrected chi connectivity index (χ4v) is 3.78. The molecule has 0 radical (unpaired) electrons. The number of halogens is 1. The molecule has 0 bridgehead atoms. The molecule has 3 aromatic heterocycles. The van der Waals surface area contributed by atoms with Crippen LogP contribution in [-0.4, -0.2) is 19.9 Å². The maximum atomic E-state index is 5.98. The summed E-state index contributed by atoms with van der Waals surface area (Å²) in [6, 6.07) is 7.63. The second-order valence-electron chi connectivity index (χ2n) is 4.12. The molecule has 4 aromatic rings. The second kappa shape index (κ2) is 4.73. The number of rotatable bonds is 2. The highest BCUT2D eigenvalue weighted by atomic mass is 35.5. The minimum absolute atomic E-state index is 0.694. The highest BCUT2D eigenvalue weighted by Gasteiger charge is 2.10. The van der Waals surface area contributed by atoms with Crippen LogP contribution in [0.15, 0.2) is 46.2 Å². The first kappa shape index (κ1) is 12.1. The molecule has 0 amide bonds. The molecule has 1 N–H and O–H groups in total. The quantitative estimate of drug-likeness (QED) is 0.557. The summed E-state index contributed by atoms with van der Waals surface area (Å²) in [5.74, 6) is 0. The summed E-state index contributed by atoms with van der Waals surface area (Å²) in [6.45, 7) is 0. The number of aromatic nitrogens is 4. The van der Waals surface area contributed by atoms with Gasteiger partial charge >= 0.3 is 0 Å². The Hall–Kier alpha value is -1.63. The Labute approximate surface area is 127 Å². The lowest BCUT2D eigenvalue weighted by Crippen LogP contribution is -1.83. The third-order valence-electron chi connectivity index (χ3n) is 2.84. The second-order valence-corrected chi connectivity index (χ2v) is 6.43. The Balaban J connectivity index is 1.78. The Morgan fingerprint density at radius 3 is 3.10 bits per heavy atom. The molecule has 0 atom stereocenters. The van der Waals surface area contributed by atoms with E-state index in [4.69, 9.17) is 11.6 Å². The van der Waals surface area contributed by atoms with Crippen molar-refractivity contribution in [2.45, 2.75) is 10.2 Å². The van der Waals surface area contributed by atoms with Gasteiger partial charge in [0.15, 0.2) is 5.16 Å². The van der Waals surface area contributed by atoms with E-state index in [1.807, 2.05) is 29.6 Å². The number of hydrogen-bond donors (Lipinski definition) is 1. The van der Waals surface area contributed by atoms with Gasteiger partial charge in [-0.1, -0.05) is 11.6 Å². The van der Waals surface area contributed by atoms with Crippen LogP contribution in [-0.2, 0) is 0 Å². The molecule has 0 unspecified atom stereocenters. The van der Waals surface area contributed by atoms with Crippen molar-refractivity contribution in [2.75, 3.05) is 0 Å². The Morgan fingerprint density at radius 1 is 1.20 bits per heavy atom. The van der Waals surface area contributed by atoms with E-state index < -0.39 is 0 Å². The largest absolute Gasteiger partial charge is 0.333 e. The minimum atomic E-state index is 0.694. The first-order valence-electron chi connectivity index (χ1n) is 5.81. The molecule has 98 valence electrons. The number of H-pyrrole nitrogens is 1. The highest BCUT2D eigenvalue weighted by molar-refractivity contribution is 7.99. The zero-order chi connectivity index (χ0) is 13.5. The van der Waals surface area contributed by atoms with Gasteiger partial charge in [-0.25, -0.2) is 15.0 Å². The third kappa shape index (κ3) is 2.06. The number of nitrogens with zero attached hydrogens (tertiary/aromatic N) is 3. The standard InChI is InChI=1S/C13H7ClN4S2/c14-7-1-2-9-10(5-7)18-13(17-9)20-12-8-3-4-19-11(8)15-6-16-12/h1-6H,(H,17,18). The van der Waals surface area contributed by atoms with Gasteiger partial charge < -0.3 is 4.98 Å². The van der Waals surface area contributed by atoms with Gasteiger partial charge in [0.05, 0.1) is 11.0 Å². The van der Waals surface area contributed by atoms with Gasteiger partial charge in [-0.05, 0) is 41.4 Å². The normalized spacial score (nSPS) is 11.4. The molecule has 0 aliphatic rings. The summed E-state index contributed by atoms with van der Waals surface area (Å²) < 4.78 is 0. The van der Waals surface area contributed by atoms with E-state index in [-0.39, 0.29) is 0 Å². The van der Waals surface area contributed by atoms with Crippen molar-refractivity contribution in [2.24, 2.45) is 0 Å². The maximum Gasteiger partial charge on any atom is 0.172 e. The lowest BCUT2D eigenvalue weighted by Gasteiger charge is -1.97. The Morgan fingerprint density at radius 2 is 2.15 bits per heavy atom. The fourth-order valence-electron chi connectivity index (χ4n) is 1.95. The molecule has 0 aliphatic carbocycles. The highest BCUT2D eigenvalue weighted by Crippen LogP contribution is 2.32. The summed E-state index contributed by atoms with van der Waals surface area (Å²) in [6.07, 6.45) is 1.58. The SMILES string of the molecule is Clc1ccc2nc(Sc3ncnc4sccc34)[nH]c2c1. The lowest BCUT2D eigenvalue weighted by atomic mass is 10.3. The van der Waals surface area contributed by atoms with Crippen LogP contribution >= 0.6 is 34.7 Å². The van der Waals surface area contributed by atoms with Crippen molar-refractivity contribution in [3.8, 4) is 0 Å². The monoisotopic (exact) mass is 318 g/mol. The van der Waals surface area contributed by atoms with Gasteiger partial charge in [-0.3, -0.25) is 0 Å². The molecule has 20 heavy (non-hydrogen) atoms. The molecule has 1 aromatic carbocycles. The van der Waals surface area contributed by atoms with Crippen LogP contribution in [0, 0.1) is 0 Å². The average molecular weight is 319 g/mol. The van der Waals surface area contributed by atoms with Gasteiger partial charge in [0.2, 0.25) is 0 Å². The lowest BCUT2D eigenvalue weighted by molar-refractivity contribution is 1.05. The van der Waals surface area contributed by atoms with Crippen molar-refractivity contribution in [1.29, 1.82) is 0 Å². The molecular formula is C13H7ClN4S2. The van der Waals surface area contributed by atoms with E-state index in [1.165, 1.54) is 11.8 Å². The molecule has 4 rings (SSSR count).